The zero-order valence-electron chi connectivity index (χ0n) is 9.88. The van der Waals surface area contributed by atoms with Crippen LogP contribution in [0.5, 0.6) is 11.6 Å². The van der Waals surface area contributed by atoms with Gasteiger partial charge in [-0.15, -0.1) is 13.2 Å². The molecular weight excluding hydrogens is 382 g/mol. The van der Waals surface area contributed by atoms with Crippen molar-refractivity contribution in [2.75, 3.05) is 14.2 Å². The Hall–Kier alpha value is -1.26. The van der Waals surface area contributed by atoms with Gasteiger partial charge in [0.05, 0.1) is 20.6 Å². The molecule has 106 valence electrons. The fourth-order valence-electron chi connectivity index (χ4n) is 1.26. The molecule has 1 aromatic heterocycles. The molecule has 0 fully saturated rings. The smallest absolute Gasteiger partial charge is 0.491 e. The number of hydrogen-bond acceptors (Lipinski definition) is 5. The molecule has 0 radical (unpaired) electrons. The van der Waals surface area contributed by atoms with Crippen LogP contribution >= 0.6 is 22.6 Å². The van der Waals surface area contributed by atoms with Crippen molar-refractivity contribution in [2.45, 2.75) is 12.8 Å². The van der Waals surface area contributed by atoms with Gasteiger partial charge in [-0.2, -0.15) is 0 Å². The van der Waals surface area contributed by atoms with Gasteiger partial charge >= 0.3 is 12.3 Å². The van der Waals surface area contributed by atoms with Crippen LogP contribution in [-0.4, -0.2) is 31.5 Å². The summed E-state index contributed by atoms with van der Waals surface area (Å²) in [6, 6.07) is 0. The first-order valence-electron chi connectivity index (χ1n) is 4.82. The highest BCUT2D eigenvalue weighted by atomic mass is 127. The molecule has 0 saturated heterocycles. The van der Waals surface area contributed by atoms with Crippen molar-refractivity contribution < 1.29 is 32.2 Å². The molecule has 0 aliphatic carbocycles. The molecule has 5 nitrogen and oxygen atoms in total. The third-order valence-corrected chi connectivity index (χ3v) is 2.95. The summed E-state index contributed by atoms with van der Waals surface area (Å²) in [6.07, 6.45) is -3.98. The second-order valence-corrected chi connectivity index (χ2v) is 4.39. The molecule has 0 unspecified atom stereocenters. The highest BCUT2D eigenvalue weighted by Crippen LogP contribution is 2.35. The third-order valence-electron chi connectivity index (χ3n) is 2.02. The van der Waals surface area contributed by atoms with Crippen LogP contribution in [0, 0.1) is 3.57 Å². The Morgan fingerprint density at radius 2 is 2.05 bits per heavy atom. The molecule has 1 heterocycles. The number of methoxy groups -OCH3 is 2. The van der Waals surface area contributed by atoms with Crippen molar-refractivity contribution in [1.29, 1.82) is 0 Å². The summed E-state index contributed by atoms with van der Waals surface area (Å²) in [6.45, 7) is 0. The fraction of sp³-hybridized carbons (Fsp3) is 0.400. The van der Waals surface area contributed by atoms with E-state index in [1.807, 2.05) is 22.6 Å². The summed E-state index contributed by atoms with van der Waals surface area (Å²) in [4.78, 5) is 14.7. The van der Waals surface area contributed by atoms with Crippen LogP contribution in [0.25, 0.3) is 0 Å². The first kappa shape index (κ1) is 15.8. The standard InChI is InChI=1S/C10H9F3INO4/c1-17-7(16)3-5-6(14)4-15-9(8(5)18-2)19-10(11,12)13/h4H,3H2,1-2H3. The number of esters is 1. The van der Waals surface area contributed by atoms with Crippen molar-refractivity contribution >= 4 is 28.6 Å². The lowest BCUT2D eigenvalue weighted by Crippen LogP contribution is -2.19. The Bertz CT molecular complexity index is 479. The number of ether oxygens (including phenoxy) is 3. The second kappa shape index (κ2) is 6.26. The first-order valence-corrected chi connectivity index (χ1v) is 5.90. The number of halogens is 4. The topological polar surface area (TPSA) is 57.7 Å². The van der Waals surface area contributed by atoms with E-state index in [2.05, 4.69) is 14.5 Å². The number of carbonyl (C=O) groups excluding carboxylic acids is 1. The van der Waals surface area contributed by atoms with Gasteiger partial charge in [-0.05, 0) is 22.6 Å². The largest absolute Gasteiger partial charge is 0.574 e. The molecule has 0 N–H and O–H groups in total. The van der Waals surface area contributed by atoms with Crippen molar-refractivity contribution in [2.24, 2.45) is 0 Å². The predicted molar refractivity (Wildman–Crippen MR) is 65.9 cm³/mol. The highest BCUT2D eigenvalue weighted by molar-refractivity contribution is 14.1. The van der Waals surface area contributed by atoms with E-state index in [-0.39, 0.29) is 17.7 Å². The third kappa shape index (κ3) is 4.40. The van der Waals surface area contributed by atoms with Crippen LogP contribution < -0.4 is 9.47 Å². The number of aromatic nitrogens is 1. The van der Waals surface area contributed by atoms with Crippen LogP contribution in [0.2, 0.25) is 0 Å². The highest BCUT2D eigenvalue weighted by Gasteiger charge is 2.34. The van der Waals surface area contributed by atoms with Crippen molar-refractivity contribution in [3.8, 4) is 11.6 Å². The predicted octanol–water partition coefficient (Wildman–Crippen LogP) is 2.31. The molecule has 0 spiro atoms. The van der Waals surface area contributed by atoms with Crippen molar-refractivity contribution in [3.05, 3.63) is 15.3 Å². The molecule has 0 aliphatic rings. The molecule has 0 aromatic carbocycles. The quantitative estimate of drug-likeness (QED) is 0.583. The lowest BCUT2D eigenvalue weighted by Gasteiger charge is -2.15. The van der Waals surface area contributed by atoms with E-state index < -0.39 is 18.2 Å². The van der Waals surface area contributed by atoms with E-state index in [1.165, 1.54) is 7.11 Å². The Kier molecular flexibility index (Phi) is 5.20. The zero-order chi connectivity index (χ0) is 14.6. The molecule has 1 rings (SSSR count). The molecule has 0 amide bonds. The van der Waals surface area contributed by atoms with Gasteiger partial charge in [-0.3, -0.25) is 4.79 Å². The molecule has 0 aliphatic heterocycles. The summed E-state index contributed by atoms with van der Waals surface area (Å²) in [5.74, 6) is -1.59. The van der Waals surface area contributed by atoms with Crippen LogP contribution in [0.15, 0.2) is 6.20 Å². The van der Waals surface area contributed by atoms with Gasteiger partial charge in [-0.1, -0.05) is 0 Å². The van der Waals surface area contributed by atoms with Gasteiger partial charge in [0.25, 0.3) is 5.88 Å². The fourth-order valence-corrected chi connectivity index (χ4v) is 1.84. The average Bonchev–Trinajstić information content (AvgIpc) is 2.31. The minimum atomic E-state index is -4.89. The minimum Gasteiger partial charge on any atom is -0.491 e. The Morgan fingerprint density at radius 1 is 1.42 bits per heavy atom. The number of carbonyl (C=O) groups is 1. The van der Waals surface area contributed by atoms with Crippen LogP contribution in [0.1, 0.15) is 5.56 Å². The maximum Gasteiger partial charge on any atom is 0.574 e. The van der Waals surface area contributed by atoms with E-state index in [0.29, 0.717) is 3.57 Å². The summed E-state index contributed by atoms with van der Waals surface area (Å²) in [7, 11) is 2.34. The average molecular weight is 391 g/mol. The molecule has 9 heteroatoms. The van der Waals surface area contributed by atoms with Crippen molar-refractivity contribution in [1.82, 2.24) is 4.98 Å². The number of nitrogens with zero attached hydrogens (tertiary/aromatic N) is 1. The first-order chi connectivity index (χ1) is 8.78. The Balaban J connectivity index is 3.21. The maximum atomic E-state index is 12.2. The maximum absolute atomic E-state index is 12.2. The molecule has 0 bridgehead atoms. The molecule has 0 atom stereocenters. The number of hydrogen-bond donors (Lipinski definition) is 0. The van der Waals surface area contributed by atoms with Gasteiger partial charge in [0.2, 0.25) is 0 Å². The lowest BCUT2D eigenvalue weighted by atomic mass is 10.2. The summed E-state index contributed by atoms with van der Waals surface area (Å²) < 4.78 is 50.1. The number of pyridine rings is 1. The van der Waals surface area contributed by atoms with Gasteiger partial charge < -0.3 is 14.2 Å². The van der Waals surface area contributed by atoms with E-state index >= 15 is 0 Å². The van der Waals surface area contributed by atoms with Crippen LogP contribution in [-0.2, 0) is 16.0 Å². The minimum absolute atomic E-state index is 0.226. The second-order valence-electron chi connectivity index (χ2n) is 3.22. The summed E-state index contributed by atoms with van der Waals surface area (Å²) >= 11 is 1.83. The molecule has 19 heavy (non-hydrogen) atoms. The van der Waals surface area contributed by atoms with Gasteiger partial charge in [-0.25, -0.2) is 4.98 Å². The summed E-state index contributed by atoms with van der Waals surface area (Å²) in [5, 5.41) is 0. The SMILES string of the molecule is COC(=O)Cc1c(I)cnc(OC(F)(F)F)c1OC. The van der Waals surface area contributed by atoms with Crippen LogP contribution in [0.4, 0.5) is 13.2 Å². The van der Waals surface area contributed by atoms with E-state index in [1.54, 1.807) is 0 Å². The summed E-state index contributed by atoms with van der Waals surface area (Å²) in [5.41, 5.74) is 0.226. The van der Waals surface area contributed by atoms with Crippen LogP contribution in [0.3, 0.4) is 0 Å². The zero-order valence-corrected chi connectivity index (χ0v) is 12.0. The Labute approximate surface area is 120 Å². The normalized spacial score (nSPS) is 11.1. The lowest BCUT2D eigenvalue weighted by molar-refractivity contribution is -0.276. The van der Waals surface area contributed by atoms with Gasteiger partial charge in [0.15, 0.2) is 5.75 Å². The number of rotatable bonds is 4. The molecule has 0 saturated carbocycles. The van der Waals surface area contributed by atoms with E-state index in [0.717, 1.165) is 13.3 Å². The van der Waals surface area contributed by atoms with Crippen molar-refractivity contribution in [3.63, 3.8) is 0 Å². The van der Waals surface area contributed by atoms with Gasteiger partial charge in [0.1, 0.15) is 0 Å². The Morgan fingerprint density at radius 3 is 2.53 bits per heavy atom. The van der Waals surface area contributed by atoms with Gasteiger partial charge in [0, 0.05) is 15.3 Å². The molecule has 1 aromatic rings. The van der Waals surface area contributed by atoms with E-state index in [9.17, 15) is 18.0 Å². The van der Waals surface area contributed by atoms with E-state index in [4.69, 9.17) is 4.74 Å². The number of alkyl halides is 3. The monoisotopic (exact) mass is 391 g/mol. The molecular formula is C10H9F3INO4.